The number of para-hydroxylation sites is 1. The van der Waals surface area contributed by atoms with E-state index >= 15 is 0 Å². The second-order valence-electron chi connectivity index (χ2n) is 6.24. The van der Waals surface area contributed by atoms with Crippen LogP contribution in [-0.2, 0) is 9.59 Å². The van der Waals surface area contributed by atoms with Gasteiger partial charge in [0.25, 0.3) is 0 Å². The maximum absolute atomic E-state index is 12.6. The van der Waals surface area contributed by atoms with Crippen molar-refractivity contribution in [3.8, 4) is 5.69 Å². The first-order valence-electron chi connectivity index (χ1n) is 7.95. The van der Waals surface area contributed by atoms with Gasteiger partial charge in [0.05, 0.1) is 10.6 Å². The van der Waals surface area contributed by atoms with E-state index in [-0.39, 0.29) is 16.7 Å². The number of benzene rings is 1. The summed E-state index contributed by atoms with van der Waals surface area (Å²) in [6.45, 7) is 2.04. The van der Waals surface area contributed by atoms with Gasteiger partial charge in [0.2, 0.25) is 11.8 Å². The number of nitrogens with zero attached hydrogens (tertiary/aromatic N) is 3. The van der Waals surface area contributed by atoms with Gasteiger partial charge in [-0.3, -0.25) is 9.59 Å². The SMILES string of the molecule is C[C@@]12CCC(=O)N1[C@@H](C(=O)Nc1ccn(-c3ccccc3)n1)CS2. The molecule has 0 aliphatic carbocycles. The number of fused-ring (bicyclic) bond motifs is 1. The van der Waals surface area contributed by atoms with Crippen molar-refractivity contribution in [2.75, 3.05) is 11.1 Å². The summed E-state index contributed by atoms with van der Waals surface area (Å²) >= 11 is 1.69. The van der Waals surface area contributed by atoms with Gasteiger partial charge in [0, 0.05) is 24.4 Å². The van der Waals surface area contributed by atoms with Crippen LogP contribution in [0.25, 0.3) is 5.69 Å². The molecule has 0 radical (unpaired) electrons. The molecular weight excluding hydrogens is 324 g/mol. The molecule has 6 nitrogen and oxygen atoms in total. The number of amides is 2. The molecule has 1 N–H and O–H groups in total. The molecule has 2 saturated heterocycles. The van der Waals surface area contributed by atoms with Crippen LogP contribution in [0, 0.1) is 0 Å². The van der Waals surface area contributed by atoms with E-state index in [1.54, 1.807) is 33.6 Å². The minimum atomic E-state index is -0.420. The largest absolute Gasteiger partial charge is 0.315 e. The summed E-state index contributed by atoms with van der Waals surface area (Å²) in [7, 11) is 0. The Kier molecular flexibility index (Phi) is 3.60. The van der Waals surface area contributed by atoms with Gasteiger partial charge < -0.3 is 10.2 Å². The molecule has 2 aliphatic rings. The lowest BCUT2D eigenvalue weighted by molar-refractivity contribution is -0.135. The van der Waals surface area contributed by atoms with Crippen molar-refractivity contribution in [3.05, 3.63) is 42.6 Å². The Labute approximate surface area is 144 Å². The molecular formula is C17H18N4O2S. The highest BCUT2D eigenvalue weighted by atomic mass is 32.2. The molecule has 3 heterocycles. The van der Waals surface area contributed by atoms with E-state index in [0.29, 0.717) is 18.0 Å². The Hall–Kier alpha value is -2.28. The van der Waals surface area contributed by atoms with Crippen LogP contribution >= 0.6 is 11.8 Å². The fraction of sp³-hybridized carbons (Fsp3) is 0.353. The molecule has 0 saturated carbocycles. The molecule has 2 amide bonds. The van der Waals surface area contributed by atoms with Gasteiger partial charge in [-0.2, -0.15) is 5.10 Å². The van der Waals surface area contributed by atoms with Crippen LogP contribution in [0.2, 0.25) is 0 Å². The molecule has 0 bridgehead atoms. The average molecular weight is 342 g/mol. The monoisotopic (exact) mass is 342 g/mol. The first-order chi connectivity index (χ1) is 11.6. The van der Waals surface area contributed by atoms with E-state index in [1.165, 1.54) is 0 Å². The lowest BCUT2D eigenvalue weighted by Crippen LogP contribution is -2.48. The van der Waals surface area contributed by atoms with Gasteiger partial charge >= 0.3 is 0 Å². The third-order valence-electron chi connectivity index (χ3n) is 4.61. The average Bonchev–Trinajstić information content (AvgIpc) is 3.25. The van der Waals surface area contributed by atoms with E-state index in [2.05, 4.69) is 10.4 Å². The zero-order chi connectivity index (χ0) is 16.7. The van der Waals surface area contributed by atoms with Crippen LogP contribution in [0.15, 0.2) is 42.6 Å². The maximum atomic E-state index is 12.6. The fourth-order valence-electron chi connectivity index (χ4n) is 3.34. The molecule has 1 aromatic heterocycles. The van der Waals surface area contributed by atoms with Gasteiger partial charge in [-0.05, 0) is 25.5 Å². The van der Waals surface area contributed by atoms with Crippen molar-refractivity contribution in [2.24, 2.45) is 0 Å². The van der Waals surface area contributed by atoms with Crippen LogP contribution in [-0.4, -0.2) is 43.2 Å². The third-order valence-corrected chi connectivity index (χ3v) is 6.11. The summed E-state index contributed by atoms with van der Waals surface area (Å²) in [5.74, 6) is 1.03. The highest BCUT2D eigenvalue weighted by Crippen LogP contribution is 2.47. The first-order valence-corrected chi connectivity index (χ1v) is 8.93. The molecule has 0 spiro atoms. The Morgan fingerprint density at radius 2 is 2.12 bits per heavy atom. The van der Waals surface area contributed by atoms with Crippen molar-refractivity contribution >= 4 is 29.4 Å². The smallest absolute Gasteiger partial charge is 0.249 e. The second kappa shape index (κ2) is 5.66. The molecule has 4 rings (SSSR count). The summed E-state index contributed by atoms with van der Waals surface area (Å²) in [5.41, 5.74) is 0.928. The number of thioether (sulfide) groups is 1. The number of rotatable bonds is 3. The Balaban J connectivity index is 1.49. The van der Waals surface area contributed by atoms with E-state index in [1.807, 2.05) is 37.3 Å². The van der Waals surface area contributed by atoms with Crippen LogP contribution in [0.4, 0.5) is 5.82 Å². The van der Waals surface area contributed by atoms with Crippen molar-refractivity contribution in [1.29, 1.82) is 0 Å². The van der Waals surface area contributed by atoms with Gasteiger partial charge in [-0.15, -0.1) is 11.8 Å². The van der Waals surface area contributed by atoms with Crippen LogP contribution < -0.4 is 5.32 Å². The van der Waals surface area contributed by atoms with E-state index < -0.39 is 6.04 Å². The molecule has 1 aromatic carbocycles. The Morgan fingerprint density at radius 1 is 1.33 bits per heavy atom. The normalized spacial score (nSPS) is 25.8. The predicted molar refractivity (Wildman–Crippen MR) is 92.9 cm³/mol. The van der Waals surface area contributed by atoms with Crippen LogP contribution in [0.1, 0.15) is 19.8 Å². The number of carbonyl (C=O) groups is 2. The highest BCUT2D eigenvalue weighted by molar-refractivity contribution is 8.01. The summed E-state index contributed by atoms with van der Waals surface area (Å²) in [6, 6.07) is 11.0. The molecule has 124 valence electrons. The minimum Gasteiger partial charge on any atom is -0.315 e. The van der Waals surface area contributed by atoms with Gasteiger partial charge in [0.15, 0.2) is 5.82 Å². The fourth-order valence-corrected chi connectivity index (χ4v) is 4.77. The number of hydrogen-bond donors (Lipinski definition) is 1. The van der Waals surface area contributed by atoms with Crippen LogP contribution in [0.5, 0.6) is 0 Å². The maximum Gasteiger partial charge on any atom is 0.249 e. The van der Waals surface area contributed by atoms with E-state index in [9.17, 15) is 9.59 Å². The van der Waals surface area contributed by atoms with Gasteiger partial charge in [-0.25, -0.2) is 4.68 Å². The van der Waals surface area contributed by atoms with Gasteiger partial charge in [0.1, 0.15) is 6.04 Å². The van der Waals surface area contributed by atoms with Crippen molar-refractivity contribution in [3.63, 3.8) is 0 Å². The molecule has 24 heavy (non-hydrogen) atoms. The lowest BCUT2D eigenvalue weighted by atomic mass is 10.2. The highest BCUT2D eigenvalue weighted by Gasteiger charge is 2.52. The predicted octanol–water partition coefficient (Wildman–Crippen LogP) is 2.26. The van der Waals surface area contributed by atoms with Gasteiger partial charge in [-0.1, -0.05) is 18.2 Å². The van der Waals surface area contributed by atoms with Crippen LogP contribution in [0.3, 0.4) is 0 Å². The zero-order valence-corrected chi connectivity index (χ0v) is 14.1. The summed E-state index contributed by atoms with van der Waals surface area (Å²) in [6.07, 6.45) is 3.14. The molecule has 0 unspecified atom stereocenters. The summed E-state index contributed by atoms with van der Waals surface area (Å²) < 4.78 is 1.71. The molecule has 2 atom stereocenters. The number of carbonyl (C=O) groups excluding carboxylic acids is 2. The summed E-state index contributed by atoms with van der Waals surface area (Å²) in [4.78, 5) is 26.3. The van der Waals surface area contributed by atoms with E-state index in [4.69, 9.17) is 0 Å². The lowest BCUT2D eigenvalue weighted by Gasteiger charge is -2.29. The quantitative estimate of drug-likeness (QED) is 0.929. The third kappa shape index (κ3) is 2.49. The molecule has 2 fully saturated rings. The van der Waals surface area contributed by atoms with Crippen molar-refractivity contribution < 1.29 is 9.59 Å². The number of aromatic nitrogens is 2. The first kappa shape index (κ1) is 15.3. The zero-order valence-electron chi connectivity index (χ0n) is 13.3. The van der Waals surface area contributed by atoms with Crippen molar-refractivity contribution in [1.82, 2.24) is 14.7 Å². The number of nitrogens with one attached hydrogen (secondary N) is 1. The molecule has 2 aromatic rings. The second-order valence-corrected chi connectivity index (χ2v) is 7.74. The van der Waals surface area contributed by atoms with Crippen molar-refractivity contribution in [2.45, 2.75) is 30.7 Å². The Bertz CT molecular complexity index is 791. The number of hydrogen-bond acceptors (Lipinski definition) is 4. The topological polar surface area (TPSA) is 67.2 Å². The Morgan fingerprint density at radius 3 is 2.92 bits per heavy atom. The molecule has 2 aliphatic heterocycles. The summed E-state index contributed by atoms with van der Waals surface area (Å²) in [5, 5.41) is 7.23. The standard InChI is InChI=1S/C17H18N4O2S/c1-17-9-7-15(22)21(17)13(11-24-17)16(23)18-14-8-10-20(19-14)12-5-3-2-4-6-12/h2-6,8,10,13H,7,9,11H2,1H3,(H,18,19,23)/t13-,17-/m1/s1. The minimum absolute atomic E-state index is 0.0671. The molecule has 7 heteroatoms. The number of anilines is 1. The van der Waals surface area contributed by atoms with E-state index in [0.717, 1.165) is 12.1 Å².